The van der Waals surface area contributed by atoms with E-state index in [1.165, 1.54) is 5.56 Å². The summed E-state index contributed by atoms with van der Waals surface area (Å²) in [4.78, 5) is 28.7. The van der Waals surface area contributed by atoms with Crippen molar-refractivity contribution < 1.29 is 14.3 Å². The Morgan fingerprint density at radius 2 is 1.61 bits per heavy atom. The van der Waals surface area contributed by atoms with Crippen LogP contribution in [0.15, 0.2) is 54.6 Å². The molecule has 0 atom stereocenters. The quantitative estimate of drug-likeness (QED) is 0.751. The Balaban J connectivity index is 1.56. The molecule has 1 aliphatic heterocycles. The molecule has 5 heteroatoms. The Labute approximate surface area is 166 Å². The fourth-order valence-corrected chi connectivity index (χ4v) is 3.27. The molecule has 3 rings (SSSR count). The standard InChI is InChI=1S/C23H26N2O3/c1-3-18-8-10-20(11-9-18)23(27)25-16-14-24(15-17-25)22(26)13-12-19-6-4-5-7-21(19)28-2/h4-13H,3,14-17H2,1-2H3/b13-12+. The number of methoxy groups -OCH3 is 1. The number of carbonyl (C=O) groups is 2. The zero-order chi connectivity index (χ0) is 19.9. The molecule has 0 spiro atoms. The molecule has 146 valence electrons. The fraction of sp³-hybridized carbons (Fsp3) is 0.304. The zero-order valence-corrected chi connectivity index (χ0v) is 16.4. The number of aryl methyl sites for hydroxylation is 1. The van der Waals surface area contributed by atoms with Crippen molar-refractivity contribution >= 4 is 17.9 Å². The second-order valence-corrected chi connectivity index (χ2v) is 6.74. The number of para-hydroxylation sites is 1. The number of hydrogen-bond acceptors (Lipinski definition) is 3. The molecule has 28 heavy (non-hydrogen) atoms. The summed E-state index contributed by atoms with van der Waals surface area (Å²) in [6.07, 6.45) is 4.30. The third kappa shape index (κ3) is 4.60. The summed E-state index contributed by atoms with van der Waals surface area (Å²) in [5.74, 6) is 0.709. The molecule has 1 aliphatic rings. The van der Waals surface area contributed by atoms with Crippen LogP contribution < -0.4 is 4.74 Å². The van der Waals surface area contributed by atoms with Gasteiger partial charge in [-0.1, -0.05) is 37.3 Å². The monoisotopic (exact) mass is 378 g/mol. The highest BCUT2D eigenvalue weighted by molar-refractivity contribution is 5.95. The second kappa shape index (κ2) is 9.22. The number of amides is 2. The van der Waals surface area contributed by atoms with Gasteiger partial charge in [0.25, 0.3) is 5.91 Å². The summed E-state index contributed by atoms with van der Waals surface area (Å²) in [5, 5.41) is 0. The molecule has 0 aliphatic carbocycles. The predicted octanol–water partition coefficient (Wildman–Crippen LogP) is 3.26. The maximum Gasteiger partial charge on any atom is 0.253 e. The van der Waals surface area contributed by atoms with E-state index in [-0.39, 0.29) is 11.8 Å². The Kier molecular flexibility index (Phi) is 6.48. The van der Waals surface area contributed by atoms with Gasteiger partial charge in [0, 0.05) is 43.4 Å². The minimum atomic E-state index is -0.0506. The molecule has 0 radical (unpaired) electrons. The molecule has 5 nitrogen and oxygen atoms in total. The van der Waals surface area contributed by atoms with Crippen molar-refractivity contribution in [3.8, 4) is 5.75 Å². The first-order valence-electron chi connectivity index (χ1n) is 9.60. The van der Waals surface area contributed by atoms with Crippen LogP contribution in [0.5, 0.6) is 5.75 Å². The van der Waals surface area contributed by atoms with Gasteiger partial charge in [0.1, 0.15) is 5.75 Å². The lowest BCUT2D eigenvalue weighted by Crippen LogP contribution is -2.50. The van der Waals surface area contributed by atoms with Crippen molar-refractivity contribution in [1.29, 1.82) is 0 Å². The maximum atomic E-state index is 12.7. The summed E-state index contributed by atoms with van der Waals surface area (Å²) in [6.45, 7) is 4.25. The predicted molar refractivity (Wildman–Crippen MR) is 110 cm³/mol. The number of piperazine rings is 1. The molecule has 0 saturated carbocycles. The molecule has 0 aromatic heterocycles. The molecule has 2 aromatic carbocycles. The summed E-state index contributed by atoms with van der Waals surface area (Å²) >= 11 is 0. The van der Waals surface area contributed by atoms with Crippen LogP contribution in [-0.4, -0.2) is 54.9 Å². The maximum absolute atomic E-state index is 12.7. The molecule has 1 fully saturated rings. The highest BCUT2D eigenvalue weighted by atomic mass is 16.5. The van der Waals surface area contributed by atoms with Crippen molar-refractivity contribution in [3.05, 3.63) is 71.3 Å². The van der Waals surface area contributed by atoms with Crippen LogP contribution in [0.4, 0.5) is 0 Å². The van der Waals surface area contributed by atoms with E-state index in [9.17, 15) is 9.59 Å². The lowest BCUT2D eigenvalue weighted by atomic mass is 10.1. The van der Waals surface area contributed by atoms with Crippen LogP contribution in [0.3, 0.4) is 0 Å². The van der Waals surface area contributed by atoms with Gasteiger partial charge in [-0.2, -0.15) is 0 Å². The van der Waals surface area contributed by atoms with E-state index in [2.05, 4.69) is 6.92 Å². The van der Waals surface area contributed by atoms with E-state index in [1.54, 1.807) is 24.2 Å². The summed E-state index contributed by atoms with van der Waals surface area (Å²) in [7, 11) is 1.61. The highest BCUT2D eigenvalue weighted by Crippen LogP contribution is 2.19. The second-order valence-electron chi connectivity index (χ2n) is 6.74. The topological polar surface area (TPSA) is 49.9 Å². The van der Waals surface area contributed by atoms with Crippen molar-refractivity contribution in [2.24, 2.45) is 0 Å². The number of rotatable bonds is 5. The van der Waals surface area contributed by atoms with Gasteiger partial charge in [-0.05, 0) is 36.3 Å². The van der Waals surface area contributed by atoms with Gasteiger partial charge < -0.3 is 14.5 Å². The van der Waals surface area contributed by atoms with Crippen LogP contribution in [0.1, 0.15) is 28.4 Å². The first-order chi connectivity index (χ1) is 13.6. The van der Waals surface area contributed by atoms with E-state index < -0.39 is 0 Å². The first kappa shape index (κ1) is 19.7. The normalized spacial score (nSPS) is 14.4. The van der Waals surface area contributed by atoms with E-state index in [1.807, 2.05) is 53.4 Å². The van der Waals surface area contributed by atoms with Crippen LogP contribution >= 0.6 is 0 Å². The van der Waals surface area contributed by atoms with Crippen LogP contribution in [0, 0.1) is 0 Å². The van der Waals surface area contributed by atoms with Crippen molar-refractivity contribution in [2.45, 2.75) is 13.3 Å². The van der Waals surface area contributed by atoms with Crippen molar-refractivity contribution in [3.63, 3.8) is 0 Å². The van der Waals surface area contributed by atoms with Crippen molar-refractivity contribution in [2.75, 3.05) is 33.3 Å². The first-order valence-corrected chi connectivity index (χ1v) is 9.60. The van der Waals surface area contributed by atoms with Crippen LogP contribution in [-0.2, 0) is 11.2 Å². The summed E-state index contributed by atoms with van der Waals surface area (Å²) in [6, 6.07) is 15.3. The minimum Gasteiger partial charge on any atom is -0.496 e. The van der Waals surface area contributed by atoms with E-state index in [4.69, 9.17) is 4.74 Å². The Hall–Kier alpha value is -3.08. The molecule has 2 amide bonds. The fourth-order valence-electron chi connectivity index (χ4n) is 3.27. The number of ether oxygens (including phenoxy) is 1. The number of benzene rings is 2. The van der Waals surface area contributed by atoms with Gasteiger partial charge in [-0.3, -0.25) is 9.59 Å². The third-order valence-corrected chi connectivity index (χ3v) is 5.03. The van der Waals surface area contributed by atoms with Gasteiger partial charge >= 0.3 is 0 Å². The molecule has 0 N–H and O–H groups in total. The average Bonchev–Trinajstić information content (AvgIpc) is 2.77. The zero-order valence-electron chi connectivity index (χ0n) is 16.4. The minimum absolute atomic E-state index is 0.0271. The molecule has 2 aromatic rings. The number of hydrogen-bond donors (Lipinski definition) is 0. The van der Waals surface area contributed by atoms with Gasteiger partial charge in [0.2, 0.25) is 5.91 Å². The third-order valence-electron chi connectivity index (χ3n) is 5.03. The molecular formula is C23H26N2O3. The molecule has 1 heterocycles. The van der Waals surface area contributed by atoms with Crippen molar-refractivity contribution in [1.82, 2.24) is 9.80 Å². The number of nitrogens with zero attached hydrogens (tertiary/aromatic N) is 2. The van der Waals surface area contributed by atoms with Gasteiger partial charge in [-0.25, -0.2) is 0 Å². The van der Waals surface area contributed by atoms with E-state index in [0.717, 1.165) is 17.7 Å². The smallest absolute Gasteiger partial charge is 0.253 e. The SMILES string of the molecule is CCc1ccc(C(=O)N2CCN(C(=O)/C=C/c3ccccc3OC)CC2)cc1. The highest BCUT2D eigenvalue weighted by Gasteiger charge is 2.23. The average molecular weight is 378 g/mol. The molecule has 0 unspecified atom stereocenters. The van der Waals surface area contributed by atoms with Crippen LogP contribution in [0.25, 0.3) is 6.08 Å². The summed E-state index contributed by atoms with van der Waals surface area (Å²) < 4.78 is 5.30. The van der Waals surface area contributed by atoms with E-state index >= 15 is 0 Å². The largest absolute Gasteiger partial charge is 0.496 e. The van der Waals surface area contributed by atoms with E-state index in [0.29, 0.717) is 31.7 Å². The van der Waals surface area contributed by atoms with Crippen LogP contribution in [0.2, 0.25) is 0 Å². The Morgan fingerprint density at radius 1 is 0.964 bits per heavy atom. The number of carbonyl (C=O) groups excluding carboxylic acids is 2. The summed E-state index contributed by atoms with van der Waals surface area (Å²) in [5.41, 5.74) is 2.78. The molecule has 1 saturated heterocycles. The van der Waals surface area contributed by atoms with Gasteiger partial charge in [0.05, 0.1) is 7.11 Å². The van der Waals surface area contributed by atoms with Gasteiger partial charge in [0.15, 0.2) is 0 Å². The lowest BCUT2D eigenvalue weighted by Gasteiger charge is -2.34. The lowest BCUT2D eigenvalue weighted by molar-refractivity contribution is -0.127. The molecule has 0 bridgehead atoms. The molecular weight excluding hydrogens is 352 g/mol. The van der Waals surface area contributed by atoms with Gasteiger partial charge in [-0.15, -0.1) is 0 Å². The Morgan fingerprint density at radius 3 is 2.25 bits per heavy atom. The Bertz CT molecular complexity index is 850.